The van der Waals surface area contributed by atoms with Gasteiger partial charge in [0, 0.05) is 33.7 Å². The summed E-state index contributed by atoms with van der Waals surface area (Å²) in [4.78, 5) is 15.4. The van der Waals surface area contributed by atoms with Crippen LogP contribution in [0.5, 0.6) is 0 Å². The number of hydrogen-bond acceptors (Lipinski definition) is 3. The second kappa shape index (κ2) is 6.13. The third-order valence-corrected chi connectivity index (χ3v) is 5.10. The molecular formula is C16H28N2O3. The summed E-state index contributed by atoms with van der Waals surface area (Å²) in [6, 6.07) is 0.0817. The maximum absolute atomic E-state index is 11.9. The van der Waals surface area contributed by atoms with E-state index in [-0.39, 0.29) is 11.6 Å². The Balaban J connectivity index is 1.44. The van der Waals surface area contributed by atoms with Gasteiger partial charge in [-0.25, -0.2) is 4.79 Å². The quantitative estimate of drug-likeness (QED) is 0.801. The van der Waals surface area contributed by atoms with Crippen molar-refractivity contribution in [2.24, 2.45) is 5.92 Å². The molecule has 120 valence electrons. The van der Waals surface area contributed by atoms with Crippen molar-refractivity contribution in [3.63, 3.8) is 0 Å². The Kier molecular flexibility index (Phi) is 4.41. The highest BCUT2D eigenvalue weighted by Gasteiger charge is 2.50. The number of carbonyl (C=O) groups is 1. The fraction of sp³-hybridized carbons (Fsp3) is 0.938. The molecule has 2 heterocycles. The zero-order chi connectivity index (χ0) is 14.9. The van der Waals surface area contributed by atoms with Gasteiger partial charge in [0.15, 0.2) is 0 Å². The van der Waals surface area contributed by atoms with E-state index in [1.54, 1.807) is 19.0 Å². The zero-order valence-corrected chi connectivity index (χ0v) is 13.3. The van der Waals surface area contributed by atoms with Crippen molar-refractivity contribution >= 4 is 6.03 Å². The molecule has 0 bridgehead atoms. The van der Waals surface area contributed by atoms with Crippen molar-refractivity contribution in [2.75, 3.05) is 40.4 Å². The lowest BCUT2D eigenvalue weighted by atomic mass is 9.85. The highest BCUT2D eigenvalue weighted by Crippen LogP contribution is 2.36. The Hall–Kier alpha value is -0.810. The highest BCUT2D eigenvalue weighted by molar-refractivity contribution is 5.75. The summed E-state index contributed by atoms with van der Waals surface area (Å²) in [5.74, 6) is 0.775. The van der Waals surface area contributed by atoms with E-state index in [1.807, 2.05) is 4.90 Å². The van der Waals surface area contributed by atoms with E-state index >= 15 is 0 Å². The van der Waals surface area contributed by atoms with Gasteiger partial charge in [-0.2, -0.15) is 0 Å². The zero-order valence-electron chi connectivity index (χ0n) is 13.3. The van der Waals surface area contributed by atoms with Gasteiger partial charge in [0.2, 0.25) is 0 Å². The third-order valence-electron chi connectivity index (χ3n) is 5.10. The average Bonchev–Trinajstić information content (AvgIpc) is 2.95. The van der Waals surface area contributed by atoms with Crippen molar-refractivity contribution in [3.8, 4) is 0 Å². The van der Waals surface area contributed by atoms with E-state index in [0.717, 1.165) is 32.0 Å². The summed E-state index contributed by atoms with van der Waals surface area (Å²) < 4.78 is 12.1. The van der Waals surface area contributed by atoms with E-state index in [9.17, 15) is 4.79 Å². The predicted octanol–water partition coefficient (Wildman–Crippen LogP) is 2.11. The Bertz CT molecular complexity index is 374. The molecule has 1 spiro atoms. The van der Waals surface area contributed by atoms with Gasteiger partial charge in [-0.1, -0.05) is 12.8 Å². The minimum absolute atomic E-state index is 0.0817. The van der Waals surface area contributed by atoms with Crippen LogP contribution in [0.25, 0.3) is 0 Å². The van der Waals surface area contributed by atoms with Crippen LogP contribution in [0, 0.1) is 5.92 Å². The van der Waals surface area contributed by atoms with Gasteiger partial charge in [-0.3, -0.25) is 0 Å². The molecule has 0 radical (unpaired) electrons. The Labute approximate surface area is 127 Å². The summed E-state index contributed by atoms with van der Waals surface area (Å²) >= 11 is 0. The highest BCUT2D eigenvalue weighted by atomic mass is 16.5. The number of nitrogens with zero attached hydrogens (tertiary/aromatic N) is 2. The summed E-state index contributed by atoms with van der Waals surface area (Å²) in [7, 11) is 3.59. The molecule has 0 aromatic rings. The monoisotopic (exact) mass is 296 g/mol. The van der Waals surface area contributed by atoms with Crippen LogP contribution in [0.1, 0.15) is 38.5 Å². The smallest absolute Gasteiger partial charge is 0.319 e. The van der Waals surface area contributed by atoms with Gasteiger partial charge in [0.05, 0.1) is 19.2 Å². The Morgan fingerprint density at radius 1 is 1.29 bits per heavy atom. The maximum Gasteiger partial charge on any atom is 0.319 e. The summed E-state index contributed by atoms with van der Waals surface area (Å²) in [5.41, 5.74) is -0.135. The molecule has 0 aromatic heterocycles. The number of carbonyl (C=O) groups excluding carboxylic acids is 1. The number of ether oxygens (including phenoxy) is 2. The minimum Gasteiger partial charge on any atom is -0.378 e. The van der Waals surface area contributed by atoms with Crippen LogP contribution in [-0.4, -0.2) is 67.9 Å². The standard InChI is InChI=1S/C16H28N2O3/c1-17(2)15(19)18-11-16(12-18)9-14(7-8-21-16)20-10-13-5-3-4-6-13/h13-14H,3-12H2,1-2H3/t14-/m0/s1. The molecule has 21 heavy (non-hydrogen) atoms. The van der Waals surface area contributed by atoms with E-state index in [2.05, 4.69) is 0 Å². The first-order chi connectivity index (χ1) is 10.1. The normalized spacial score (nSPS) is 28.7. The lowest BCUT2D eigenvalue weighted by molar-refractivity contribution is -0.188. The van der Waals surface area contributed by atoms with Gasteiger partial charge in [-0.15, -0.1) is 0 Å². The second-order valence-corrected chi connectivity index (χ2v) is 7.16. The lowest BCUT2D eigenvalue weighted by Crippen LogP contribution is -2.68. The molecule has 0 aromatic carbocycles. The van der Waals surface area contributed by atoms with E-state index in [4.69, 9.17) is 9.47 Å². The molecule has 3 aliphatic rings. The molecule has 5 nitrogen and oxygen atoms in total. The molecule has 2 saturated heterocycles. The number of rotatable bonds is 3. The van der Waals surface area contributed by atoms with Crippen molar-refractivity contribution in [3.05, 3.63) is 0 Å². The van der Waals surface area contributed by atoms with Crippen molar-refractivity contribution in [2.45, 2.75) is 50.2 Å². The van der Waals surface area contributed by atoms with Gasteiger partial charge in [0.25, 0.3) is 0 Å². The molecule has 1 aliphatic carbocycles. The van der Waals surface area contributed by atoms with Crippen LogP contribution in [0.15, 0.2) is 0 Å². The average molecular weight is 296 g/mol. The molecule has 0 N–H and O–H groups in total. The fourth-order valence-corrected chi connectivity index (χ4v) is 3.86. The van der Waals surface area contributed by atoms with Crippen LogP contribution >= 0.6 is 0 Å². The van der Waals surface area contributed by atoms with Gasteiger partial charge in [-0.05, 0) is 25.2 Å². The van der Waals surface area contributed by atoms with Crippen LogP contribution in [0.3, 0.4) is 0 Å². The van der Waals surface area contributed by atoms with Crippen molar-refractivity contribution in [1.82, 2.24) is 9.80 Å². The molecule has 2 amide bonds. The molecule has 2 aliphatic heterocycles. The first kappa shape index (κ1) is 15.1. The molecule has 5 heteroatoms. The number of hydrogen-bond donors (Lipinski definition) is 0. The topological polar surface area (TPSA) is 42.0 Å². The largest absolute Gasteiger partial charge is 0.378 e. The second-order valence-electron chi connectivity index (χ2n) is 7.16. The molecule has 3 rings (SSSR count). The molecule has 1 saturated carbocycles. The van der Waals surface area contributed by atoms with Crippen LogP contribution in [0.4, 0.5) is 4.79 Å². The van der Waals surface area contributed by atoms with Crippen molar-refractivity contribution in [1.29, 1.82) is 0 Å². The van der Waals surface area contributed by atoms with Gasteiger partial charge >= 0.3 is 6.03 Å². The fourth-order valence-electron chi connectivity index (χ4n) is 3.86. The Morgan fingerprint density at radius 2 is 2.00 bits per heavy atom. The van der Waals surface area contributed by atoms with Gasteiger partial charge in [0.1, 0.15) is 5.60 Å². The van der Waals surface area contributed by atoms with Crippen LogP contribution in [0.2, 0.25) is 0 Å². The SMILES string of the molecule is CN(C)C(=O)N1CC2(C[C@@H](OCC3CCCC3)CCO2)C1. The summed E-state index contributed by atoms with van der Waals surface area (Å²) in [6.45, 7) is 3.11. The third kappa shape index (κ3) is 3.34. The lowest BCUT2D eigenvalue weighted by Gasteiger charge is -2.53. The first-order valence-electron chi connectivity index (χ1n) is 8.30. The van der Waals surface area contributed by atoms with E-state index < -0.39 is 0 Å². The van der Waals surface area contributed by atoms with E-state index in [0.29, 0.717) is 19.2 Å². The molecule has 0 unspecified atom stereocenters. The maximum atomic E-state index is 11.9. The number of likely N-dealkylation sites (tertiary alicyclic amines) is 1. The number of amides is 2. The van der Waals surface area contributed by atoms with Gasteiger partial charge < -0.3 is 19.3 Å². The number of urea groups is 1. The van der Waals surface area contributed by atoms with E-state index in [1.165, 1.54) is 25.7 Å². The summed E-state index contributed by atoms with van der Waals surface area (Å²) in [5, 5.41) is 0. The molecule has 1 atom stereocenters. The first-order valence-corrected chi connectivity index (χ1v) is 8.30. The van der Waals surface area contributed by atoms with Crippen LogP contribution in [-0.2, 0) is 9.47 Å². The molecular weight excluding hydrogens is 268 g/mol. The predicted molar refractivity (Wildman–Crippen MR) is 80.3 cm³/mol. The van der Waals surface area contributed by atoms with Crippen LogP contribution < -0.4 is 0 Å². The van der Waals surface area contributed by atoms with Crippen molar-refractivity contribution < 1.29 is 14.3 Å². The Morgan fingerprint density at radius 3 is 2.67 bits per heavy atom. The molecule has 3 fully saturated rings. The summed E-state index contributed by atoms with van der Waals surface area (Å²) in [6.07, 6.45) is 7.66. The minimum atomic E-state index is -0.135.